The first-order valence-corrected chi connectivity index (χ1v) is 14.4. The zero-order chi connectivity index (χ0) is 25.5. The van der Waals surface area contributed by atoms with Gasteiger partial charge in [0.2, 0.25) is 5.04 Å². The number of hydrazone groups is 1. The van der Waals surface area contributed by atoms with Crippen LogP contribution in [0.5, 0.6) is 0 Å². The molecule has 6 rings (SSSR count). The summed E-state index contributed by atoms with van der Waals surface area (Å²) in [5, 5.41) is 7.24. The van der Waals surface area contributed by atoms with E-state index in [1.165, 1.54) is 28.5 Å². The Morgan fingerprint density at radius 1 is 0.838 bits per heavy atom. The van der Waals surface area contributed by atoms with Gasteiger partial charge in [-0.1, -0.05) is 124 Å². The van der Waals surface area contributed by atoms with Crippen molar-refractivity contribution in [2.24, 2.45) is 5.10 Å². The van der Waals surface area contributed by atoms with E-state index >= 15 is 0 Å². The van der Waals surface area contributed by atoms with Crippen LogP contribution in [0.2, 0.25) is 0 Å². The third kappa shape index (κ3) is 3.92. The molecule has 4 aromatic rings. The molecule has 0 radical (unpaired) electrons. The van der Waals surface area contributed by atoms with Crippen molar-refractivity contribution in [3.05, 3.63) is 136 Å². The Balaban J connectivity index is 1.62. The summed E-state index contributed by atoms with van der Waals surface area (Å²) in [6.45, 7) is 2.11. The second kappa shape index (κ2) is 9.71. The largest absolute Gasteiger partial charge is 0.461 e. The maximum atomic E-state index is 13.0. The highest BCUT2D eigenvalue weighted by Crippen LogP contribution is 2.70. The number of fused-ring (bicyclic) bond motifs is 2. The summed E-state index contributed by atoms with van der Waals surface area (Å²) in [5.74, 6) is -0.401. The fourth-order valence-electron chi connectivity index (χ4n) is 4.99. The molecule has 0 N–H and O–H groups in total. The van der Waals surface area contributed by atoms with Gasteiger partial charge in [-0.15, -0.1) is 0 Å². The summed E-state index contributed by atoms with van der Waals surface area (Å²) in [6, 6.07) is 37.8. The Morgan fingerprint density at radius 3 is 2.00 bits per heavy atom. The van der Waals surface area contributed by atoms with Gasteiger partial charge in [0.05, 0.1) is 17.0 Å². The molecule has 1 atom stereocenters. The van der Waals surface area contributed by atoms with Crippen LogP contribution >= 0.6 is 39.5 Å². The van der Waals surface area contributed by atoms with Crippen LogP contribution in [-0.2, 0) is 18.5 Å². The number of halogens is 1. The third-order valence-corrected chi connectivity index (χ3v) is 10.3. The molecule has 1 unspecified atom stereocenters. The van der Waals surface area contributed by atoms with Gasteiger partial charge >= 0.3 is 5.97 Å². The zero-order valence-electron chi connectivity index (χ0n) is 20.0. The molecule has 0 aromatic heterocycles. The topological polar surface area (TPSA) is 41.9 Å². The van der Waals surface area contributed by atoms with Crippen molar-refractivity contribution < 1.29 is 9.53 Å². The molecule has 0 amide bonds. The van der Waals surface area contributed by atoms with Crippen LogP contribution in [0.25, 0.3) is 0 Å². The number of ether oxygens (including phenoxy) is 1. The van der Waals surface area contributed by atoms with Gasteiger partial charge in [-0.25, -0.2) is 9.80 Å². The van der Waals surface area contributed by atoms with Gasteiger partial charge < -0.3 is 4.74 Å². The molecule has 2 aliphatic rings. The molecule has 2 aliphatic heterocycles. The van der Waals surface area contributed by atoms with Crippen LogP contribution in [0.15, 0.2) is 119 Å². The summed E-state index contributed by atoms with van der Waals surface area (Å²) in [4.78, 5) is 13.0. The minimum atomic E-state index is -0.724. The van der Waals surface area contributed by atoms with Crippen LogP contribution < -0.4 is 5.01 Å². The standard InChI is InChI=1S/C30H23BrN2O2S2/c1-2-35-28(34)27-32-33(24-19-17-23(31)18-20-24)30(36-27)26-16-10-9-15-25(26)29(37-30,21-11-5-3-6-12-21)22-13-7-4-8-14-22/h3-20H,2H2,1H3. The lowest BCUT2D eigenvalue weighted by Crippen LogP contribution is -2.34. The molecule has 184 valence electrons. The Hall–Kier alpha value is -3.00. The fourth-order valence-corrected chi connectivity index (χ4v) is 8.82. The van der Waals surface area contributed by atoms with Crippen molar-refractivity contribution in [1.29, 1.82) is 0 Å². The third-order valence-electron chi connectivity index (χ3n) is 6.52. The first-order valence-electron chi connectivity index (χ1n) is 12.0. The van der Waals surface area contributed by atoms with Crippen LogP contribution in [0, 0.1) is 0 Å². The Bertz CT molecular complexity index is 1440. The van der Waals surface area contributed by atoms with E-state index in [9.17, 15) is 4.79 Å². The van der Waals surface area contributed by atoms with Crippen LogP contribution in [-0.4, -0.2) is 17.6 Å². The molecule has 0 aliphatic carbocycles. The lowest BCUT2D eigenvalue weighted by molar-refractivity contribution is -0.134. The quantitative estimate of drug-likeness (QED) is 0.224. The molecule has 4 aromatic carbocycles. The second-order valence-electron chi connectivity index (χ2n) is 8.66. The Kier molecular flexibility index (Phi) is 6.39. The number of esters is 1. The lowest BCUT2D eigenvalue weighted by atomic mass is 9.82. The first-order chi connectivity index (χ1) is 18.1. The molecular weight excluding hydrogens is 564 g/mol. The average molecular weight is 588 g/mol. The van der Waals surface area contributed by atoms with Gasteiger partial charge in [0.15, 0.2) is 4.20 Å². The van der Waals surface area contributed by atoms with Gasteiger partial charge in [0.25, 0.3) is 0 Å². The minimum absolute atomic E-state index is 0.297. The maximum Gasteiger partial charge on any atom is 0.365 e. The van der Waals surface area contributed by atoms with Crippen molar-refractivity contribution in [3.8, 4) is 0 Å². The van der Waals surface area contributed by atoms with E-state index in [-0.39, 0.29) is 0 Å². The first kappa shape index (κ1) is 24.3. The zero-order valence-corrected chi connectivity index (χ0v) is 23.2. The number of nitrogens with zero attached hydrogens (tertiary/aromatic N) is 2. The molecule has 37 heavy (non-hydrogen) atoms. The Morgan fingerprint density at radius 2 is 1.41 bits per heavy atom. The average Bonchev–Trinajstić information content (AvgIpc) is 3.48. The number of benzene rings is 4. The molecule has 7 heteroatoms. The van der Waals surface area contributed by atoms with Gasteiger partial charge in [0, 0.05) is 10.0 Å². The normalized spacial score (nSPS) is 19.5. The van der Waals surface area contributed by atoms with E-state index in [1.807, 2.05) is 48.3 Å². The predicted octanol–water partition coefficient (Wildman–Crippen LogP) is 7.73. The number of hydrogen-bond acceptors (Lipinski definition) is 6. The molecule has 0 saturated carbocycles. The van der Waals surface area contributed by atoms with E-state index in [0.29, 0.717) is 11.7 Å². The van der Waals surface area contributed by atoms with Crippen molar-refractivity contribution in [2.45, 2.75) is 15.9 Å². The highest BCUT2D eigenvalue weighted by Gasteiger charge is 2.61. The van der Waals surface area contributed by atoms with E-state index in [0.717, 1.165) is 15.7 Å². The van der Waals surface area contributed by atoms with E-state index in [4.69, 9.17) is 9.84 Å². The number of carbonyl (C=O) groups is 1. The number of carbonyl (C=O) groups excluding carboxylic acids is 1. The van der Waals surface area contributed by atoms with Gasteiger partial charge in [-0.2, -0.15) is 5.10 Å². The van der Waals surface area contributed by atoms with Gasteiger partial charge in [0.1, 0.15) is 0 Å². The van der Waals surface area contributed by atoms with Crippen molar-refractivity contribution in [2.75, 3.05) is 11.6 Å². The van der Waals surface area contributed by atoms with Crippen molar-refractivity contribution >= 4 is 56.2 Å². The van der Waals surface area contributed by atoms with Crippen molar-refractivity contribution in [1.82, 2.24) is 0 Å². The Labute approximate surface area is 233 Å². The number of hydrogen-bond donors (Lipinski definition) is 0. The predicted molar refractivity (Wildman–Crippen MR) is 157 cm³/mol. The molecule has 0 bridgehead atoms. The molecule has 0 saturated heterocycles. The van der Waals surface area contributed by atoms with Crippen LogP contribution in [0.4, 0.5) is 5.69 Å². The van der Waals surface area contributed by atoms with Crippen molar-refractivity contribution in [3.63, 3.8) is 0 Å². The summed E-state index contributed by atoms with van der Waals surface area (Å²) >= 11 is 6.82. The van der Waals surface area contributed by atoms with Gasteiger partial charge in [-0.3, -0.25) is 0 Å². The summed E-state index contributed by atoms with van der Waals surface area (Å²) in [7, 11) is 0. The minimum Gasteiger partial charge on any atom is -0.461 e. The van der Waals surface area contributed by atoms with E-state index in [1.54, 1.807) is 11.8 Å². The SMILES string of the molecule is CCOC(=O)C1=NN(c2ccc(Br)cc2)C2(S1)SC(c1ccccc1)(c1ccccc1)c1ccccc12. The number of anilines is 1. The van der Waals surface area contributed by atoms with Crippen LogP contribution in [0.1, 0.15) is 29.2 Å². The maximum absolute atomic E-state index is 13.0. The highest BCUT2D eigenvalue weighted by molar-refractivity contribution is 9.10. The second-order valence-corrected chi connectivity index (χ2v) is 12.4. The molecule has 0 fully saturated rings. The lowest BCUT2D eigenvalue weighted by Gasteiger charge is -2.37. The molecule has 4 nitrogen and oxygen atoms in total. The van der Waals surface area contributed by atoms with Crippen LogP contribution in [0.3, 0.4) is 0 Å². The number of rotatable bonds is 5. The summed E-state index contributed by atoms with van der Waals surface area (Å²) < 4.78 is 5.15. The highest BCUT2D eigenvalue weighted by atomic mass is 79.9. The summed E-state index contributed by atoms with van der Waals surface area (Å²) in [5.41, 5.74) is 5.55. The molecule has 2 heterocycles. The summed E-state index contributed by atoms with van der Waals surface area (Å²) in [6.07, 6.45) is 0. The fraction of sp³-hybridized carbons (Fsp3) is 0.133. The smallest absolute Gasteiger partial charge is 0.365 e. The molecule has 1 spiro atoms. The number of thioether (sulfide) groups is 2. The van der Waals surface area contributed by atoms with E-state index < -0.39 is 14.9 Å². The monoisotopic (exact) mass is 586 g/mol. The molecular formula is C30H23BrN2O2S2. The van der Waals surface area contributed by atoms with Gasteiger partial charge in [-0.05, 0) is 47.9 Å². The van der Waals surface area contributed by atoms with E-state index in [2.05, 4.69) is 88.7 Å².